The largest absolute Gasteiger partial charge is 0.0963 e. The van der Waals surface area contributed by atoms with Gasteiger partial charge in [-0.1, -0.05) is 22.0 Å². The van der Waals surface area contributed by atoms with E-state index in [0.717, 1.165) is 0 Å². The molecule has 0 aromatic heterocycles. The summed E-state index contributed by atoms with van der Waals surface area (Å²) >= 11 is 1.46. The second kappa shape index (κ2) is 2.43. The monoisotopic (exact) mass is 110 g/mol. The van der Waals surface area contributed by atoms with E-state index in [1.165, 1.54) is 11.8 Å². The van der Waals surface area contributed by atoms with Crippen molar-refractivity contribution >= 4 is 23.5 Å². The van der Waals surface area contributed by atoms with Gasteiger partial charge in [-0.25, -0.2) is 0 Å². The van der Waals surface area contributed by atoms with Gasteiger partial charge < -0.3 is 0 Å². The van der Waals surface area contributed by atoms with Crippen molar-refractivity contribution in [2.45, 2.75) is 0 Å². The highest BCUT2D eigenvalue weighted by atomic mass is 32.2. The number of nitrogens with zero attached hydrogens (tertiary/aromatic N) is 2. The highest BCUT2D eigenvalue weighted by molar-refractivity contribution is 8.05. The Hall–Kier alpha value is -0.750. The Bertz CT molecular complexity index is 150. The van der Waals surface area contributed by atoms with Gasteiger partial charge in [0.15, 0.2) is 0 Å². The lowest BCUT2D eigenvalue weighted by Gasteiger charge is -1.62. The van der Waals surface area contributed by atoms with Gasteiger partial charge in [0.2, 0.25) is 0 Å². The van der Waals surface area contributed by atoms with E-state index in [9.17, 15) is 0 Å². The van der Waals surface area contributed by atoms with E-state index in [1.807, 2.05) is 0 Å². The second-order valence-electron chi connectivity index (χ2n) is 0.830. The van der Waals surface area contributed by atoms with Crippen LogP contribution in [0, 0.1) is 0 Å². The minimum Gasteiger partial charge on any atom is -0.0963 e. The maximum atomic E-state index is 3.43. The van der Waals surface area contributed by atoms with E-state index in [1.54, 1.807) is 10.8 Å². The summed E-state index contributed by atoms with van der Waals surface area (Å²) in [6.07, 6.45) is 0. The molecular formula is C4H2N2S. The predicted octanol–water partition coefficient (Wildman–Crippen LogP) is 1.02. The zero-order chi connectivity index (χ0) is 4.95. The molecule has 0 radical (unpaired) electrons. The molecule has 7 heavy (non-hydrogen) atoms. The number of hydrogen-bond acceptors (Lipinski definition) is 3. The summed E-state index contributed by atoms with van der Waals surface area (Å²) in [5.74, 6) is 5.10. The van der Waals surface area contributed by atoms with E-state index in [4.69, 9.17) is 0 Å². The van der Waals surface area contributed by atoms with Gasteiger partial charge in [0.1, 0.15) is 0 Å². The third-order valence-corrected chi connectivity index (χ3v) is 0.890. The summed E-state index contributed by atoms with van der Waals surface area (Å²) in [7, 11) is 0. The number of hydrogen-bond donors (Lipinski definition) is 0. The first-order valence-corrected chi connectivity index (χ1v) is 2.64. The molecule has 0 aromatic carbocycles. The fraction of sp³-hybridized carbons (Fsp3) is 0. The highest BCUT2D eigenvalue weighted by Gasteiger charge is 1.68. The molecule has 0 atom stereocenters. The van der Waals surface area contributed by atoms with Crippen LogP contribution in [-0.2, 0) is 0 Å². The van der Waals surface area contributed by atoms with Crippen LogP contribution in [0.5, 0.6) is 0 Å². The second-order valence-corrected chi connectivity index (χ2v) is 1.57. The Balaban J connectivity index is 2.86. The van der Waals surface area contributed by atoms with Crippen molar-refractivity contribution in [2.75, 3.05) is 0 Å². The Morgan fingerprint density at radius 3 is 2.29 bits per heavy atom. The van der Waals surface area contributed by atoms with Gasteiger partial charge in [0.05, 0.1) is 0 Å². The molecule has 0 spiro atoms. The molecule has 0 saturated heterocycles. The van der Waals surface area contributed by atoms with Crippen LogP contribution < -0.4 is 0 Å². The van der Waals surface area contributed by atoms with Crippen LogP contribution >= 0.6 is 11.8 Å². The first-order chi connectivity index (χ1) is 3.50. The van der Waals surface area contributed by atoms with Gasteiger partial charge in [0, 0.05) is 22.6 Å². The standard InChI is InChI=1S/C4H2N2S/c1-3-7-4-2-6-5-1/h3-4H. The Kier molecular flexibility index (Phi) is 1.53. The lowest BCUT2D eigenvalue weighted by molar-refractivity contribution is 1.29. The molecule has 0 aliphatic carbocycles. The van der Waals surface area contributed by atoms with E-state index < -0.39 is 0 Å². The van der Waals surface area contributed by atoms with Crippen LogP contribution in [0.1, 0.15) is 0 Å². The van der Waals surface area contributed by atoms with Crippen molar-refractivity contribution in [1.82, 2.24) is 0 Å². The summed E-state index contributed by atoms with van der Waals surface area (Å²) in [5.41, 5.74) is 0. The van der Waals surface area contributed by atoms with Crippen LogP contribution in [0.2, 0.25) is 0 Å². The SMILES string of the molecule is C1=CSC=C=NN=1. The van der Waals surface area contributed by atoms with E-state index in [2.05, 4.69) is 21.9 Å². The summed E-state index contributed by atoms with van der Waals surface area (Å²) in [5, 5.41) is 10.3. The lowest BCUT2D eigenvalue weighted by atomic mass is 11.2. The molecule has 1 rings (SSSR count). The lowest BCUT2D eigenvalue weighted by Crippen LogP contribution is -1.42. The zero-order valence-electron chi connectivity index (χ0n) is 3.46. The van der Waals surface area contributed by atoms with E-state index in [0.29, 0.717) is 0 Å². The van der Waals surface area contributed by atoms with Gasteiger partial charge in [-0.2, -0.15) is 0 Å². The van der Waals surface area contributed by atoms with Crippen LogP contribution in [-0.4, -0.2) is 11.7 Å². The maximum absolute atomic E-state index is 3.43. The molecule has 0 unspecified atom stereocenters. The summed E-state index contributed by atoms with van der Waals surface area (Å²) in [6, 6.07) is 0. The number of thioether (sulfide) groups is 1. The minimum absolute atomic E-state index is 1.46. The van der Waals surface area contributed by atoms with Crippen LogP contribution in [0.25, 0.3) is 0 Å². The highest BCUT2D eigenvalue weighted by Crippen LogP contribution is 1.98. The van der Waals surface area contributed by atoms with E-state index >= 15 is 0 Å². The molecule has 2 nitrogen and oxygen atoms in total. The molecule has 3 heteroatoms. The Morgan fingerprint density at radius 2 is 1.71 bits per heavy atom. The summed E-state index contributed by atoms with van der Waals surface area (Å²) < 4.78 is 0. The molecule has 1 heterocycles. The van der Waals surface area contributed by atoms with Crippen molar-refractivity contribution in [3.8, 4) is 0 Å². The molecule has 0 aromatic rings. The fourth-order valence-electron chi connectivity index (χ4n) is 0.200. The zero-order valence-corrected chi connectivity index (χ0v) is 4.27. The first kappa shape index (κ1) is 4.41. The van der Waals surface area contributed by atoms with E-state index in [-0.39, 0.29) is 0 Å². The first-order valence-electron chi connectivity index (χ1n) is 1.70. The topological polar surface area (TPSA) is 24.7 Å². The smallest absolute Gasteiger partial charge is 0.0395 e. The molecule has 0 bridgehead atoms. The van der Waals surface area contributed by atoms with Gasteiger partial charge in [-0.3, -0.25) is 0 Å². The quantitative estimate of drug-likeness (QED) is 0.457. The van der Waals surface area contributed by atoms with Crippen LogP contribution in [0.3, 0.4) is 0 Å². The third kappa shape index (κ3) is 1.42. The van der Waals surface area contributed by atoms with Crippen molar-refractivity contribution < 1.29 is 0 Å². The molecule has 0 saturated carbocycles. The summed E-state index contributed by atoms with van der Waals surface area (Å²) in [6.45, 7) is 0. The molecule has 1 aliphatic rings. The minimum atomic E-state index is 1.46. The molecule has 0 N–H and O–H groups in total. The summed E-state index contributed by atoms with van der Waals surface area (Å²) in [4.78, 5) is 0. The normalized spacial score (nSPS) is 14.9. The van der Waals surface area contributed by atoms with Gasteiger partial charge in [0.25, 0.3) is 0 Å². The van der Waals surface area contributed by atoms with Crippen molar-refractivity contribution in [1.29, 1.82) is 0 Å². The maximum Gasteiger partial charge on any atom is 0.0395 e. The van der Waals surface area contributed by atoms with Crippen molar-refractivity contribution in [3.05, 3.63) is 10.8 Å². The molecule has 1 aliphatic heterocycles. The third-order valence-electron chi connectivity index (χ3n) is 0.407. The van der Waals surface area contributed by atoms with Crippen molar-refractivity contribution in [3.63, 3.8) is 0 Å². The number of rotatable bonds is 0. The molecule has 0 fully saturated rings. The molecular weight excluding hydrogens is 108 g/mol. The van der Waals surface area contributed by atoms with Gasteiger partial charge in [-0.15, -0.1) is 0 Å². The molecule has 0 amide bonds. The van der Waals surface area contributed by atoms with Crippen LogP contribution in [0.15, 0.2) is 21.0 Å². The van der Waals surface area contributed by atoms with Gasteiger partial charge in [-0.05, 0) is 0 Å². The Labute approximate surface area is 45.3 Å². The average molecular weight is 110 g/mol. The fourth-order valence-corrected chi connectivity index (χ4v) is 0.484. The average Bonchev–Trinajstić information content (AvgIpc) is 1.90. The predicted molar refractivity (Wildman–Crippen MR) is 31.6 cm³/mol. The Morgan fingerprint density at radius 1 is 1.14 bits per heavy atom. The van der Waals surface area contributed by atoms with Crippen LogP contribution in [0.4, 0.5) is 0 Å². The molecule has 34 valence electrons. The van der Waals surface area contributed by atoms with Gasteiger partial charge >= 0.3 is 0 Å². The van der Waals surface area contributed by atoms with Crippen molar-refractivity contribution in [2.24, 2.45) is 10.2 Å².